The van der Waals surface area contributed by atoms with Crippen LogP contribution in [0.3, 0.4) is 0 Å². The van der Waals surface area contributed by atoms with Gasteiger partial charge in [-0.05, 0) is 81.2 Å². The van der Waals surface area contributed by atoms with Crippen LogP contribution in [0.25, 0.3) is 32.7 Å². The molecular formula is C40H32F3N7O5S2. The molecule has 0 aliphatic heterocycles. The van der Waals surface area contributed by atoms with E-state index in [1.165, 1.54) is 32.1 Å². The van der Waals surface area contributed by atoms with Crippen molar-refractivity contribution in [2.75, 3.05) is 21.3 Å². The maximum absolute atomic E-state index is 15.4. The minimum absolute atomic E-state index is 0.0393. The van der Waals surface area contributed by atoms with Gasteiger partial charge < -0.3 is 14.2 Å². The summed E-state index contributed by atoms with van der Waals surface area (Å²) in [7, 11) is -0.643. The van der Waals surface area contributed by atoms with Crippen molar-refractivity contribution in [1.29, 1.82) is 5.26 Å². The largest absolute Gasteiger partial charge is 0.497 e. The predicted molar refractivity (Wildman–Crippen MR) is 206 cm³/mol. The van der Waals surface area contributed by atoms with E-state index in [-0.39, 0.29) is 41.6 Å². The van der Waals surface area contributed by atoms with E-state index in [4.69, 9.17) is 14.2 Å². The lowest BCUT2D eigenvalue weighted by Gasteiger charge is -2.27. The summed E-state index contributed by atoms with van der Waals surface area (Å²) in [6.07, 6.45) is -5.16. The van der Waals surface area contributed by atoms with Crippen molar-refractivity contribution in [3.8, 4) is 45.8 Å². The van der Waals surface area contributed by atoms with Crippen molar-refractivity contribution in [3.63, 3.8) is 0 Å². The van der Waals surface area contributed by atoms with Crippen LogP contribution in [0.2, 0.25) is 0 Å². The number of tetrazole rings is 1. The van der Waals surface area contributed by atoms with E-state index >= 15 is 21.6 Å². The van der Waals surface area contributed by atoms with Gasteiger partial charge >= 0.3 is 6.18 Å². The van der Waals surface area contributed by atoms with Crippen molar-refractivity contribution >= 4 is 31.6 Å². The number of para-hydroxylation sites is 1. The number of sulfonamides is 1. The minimum atomic E-state index is -5.16. The standard InChI is InChI=1S/C40H32F3N7O5S2/c1-53-28-13-7-25(8-14-28)22-49(23-26-9-15-29(54-2)16-10-26)57(51,52)38-33(40(41,42)43)20-19-31(32-5-4-6-34-37(32)45-35(21-44)56-34)36(38)39-46-47-48-50(39)24-27-11-17-30(55-3)18-12-27/h4-20H,22-24H2,1-3H3. The Hall–Kier alpha value is -6.35. The summed E-state index contributed by atoms with van der Waals surface area (Å²) < 4.78 is 95.7. The zero-order valence-electron chi connectivity index (χ0n) is 30.6. The zero-order valence-corrected chi connectivity index (χ0v) is 32.2. The summed E-state index contributed by atoms with van der Waals surface area (Å²) in [6, 6.07) is 28.9. The van der Waals surface area contributed by atoms with E-state index in [1.807, 2.05) is 6.07 Å². The molecule has 0 N–H and O–H groups in total. The number of benzene rings is 5. The molecule has 5 aromatic carbocycles. The van der Waals surface area contributed by atoms with E-state index in [0.717, 1.165) is 21.7 Å². The summed E-state index contributed by atoms with van der Waals surface area (Å²) in [5.74, 6) is 1.35. The van der Waals surface area contributed by atoms with Crippen LogP contribution in [0.15, 0.2) is 108 Å². The molecule has 0 radical (unpaired) electrons. The molecule has 290 valence electrons. The highest BCUT2D eigenvalue weighted by molar-refractivity contribution is 7.89. The quantitative estimate of drug-likeness (QED) is 0.112. The van der Waals surface area contributed by atoms with Gasteiger partial charge in [-0.1, -0.05) is 54.6 Å². The number of nitrogens with zero attached hydrogens (tertiary/aromatic N) is 7. The Morgan fingerprint density at radius 2 is 1.33 bits per heavy atom. The highest BCUT2D eigenvalue weighted by Gasteiger charge is 2.43. The van der Waals surface area contributed by atoms with Gasteiger partial charge in [0, 0.05) is 24.2 Å². The van der Waals surface area contributed by atoms with E-state index in [2.05, 4.69) is 20.5 Å². The van der Waals surface area contributed by atoms with Crippen LogP contribution in [0.4, 0.5) is 13.2 Å². The van der Waals surface area contributed by atoms with Crippen LogP contribution in [0, 0.1) is 11.3 Å². The lowest BCUT2D eigenvalue weighted by atomic mass is 9.95. The van der Waals surface area contributed by atoms with Crippen LogP contribution >= 0.6 is 11.3 Å². The highest BCUT2D eigenvalue weighted by atomic mass is 32.2. The number of halogens is 3. The fourth-order valence-corrected chi connectivity index (χ4v) is 8.96. The molecule has 0 atom stereocenters. The topological polar surface area (TPSA) is 145 Å². The van der Waals surface area contributed by atoms with Crippen LogP contribution < -0.4 is 14.2 Å². The number of hydrogen-bond acceptors (Lipinski definition) is 11. The number of ether oxygens (including phenoxy) is 3. The van der Waals surface area contributed by atoms with Crippen molar-refractivity contribution in [2.45, 2.75) is 30.7 Å². The van der Waals surface area contributed by atoms with Crippen molar-refractivity contribution in [2.24, 2.45) is 0 Å². The van der Waals surface area contributed by atoms with Crippen molar-refractivity contribution < 1.29 is 35.8 Å². The number of nitriles is 1. The summed E-state index contributed by atoms with van der Waals surface area (Å²) in [5, 5.41) is 22.0. The number of alkyl halides is 3. The molecule has 0 aliphatic carbocycles. The molecule has 0 spiro atoms. The highest BCUT2D eigenvalue weighted by Crippen LogP contribution is 2.46. The van der Waals surface area contributed by atoms with Gasteiger partial charge in [0.15, 0.2) is 10.8 Å². The van der Waals surface area contributed by atoms with E-state index in [1.54, 1.807) is 91.0 Å². The molecule has 0 amide bonds. The fourth-order valence-electron chi connectivity index (χ4n) is 6.35. The van der Waals surface area contributed by atoms with Gasteiger partial charge in [0.2, 0.25) is 10.0 Å². The normalized spacial score (nSPS) is 11.8. The lowest BCUT2D eigenvalue weighted by molar-refractivity contribution is -0.139. The molecule has 57 heavy (non-hydrogen) atoms. The molecule has 0 saturated carbocycles. The maximum atomic E-state index is 15.4. The number of rotatable bonds is 13. The second-order valence-corrected chi connectivity index (χ2v) is 15.5. The Labute approximate surface area is 329 Å². The van der Waals surface area contributed by atoms with Crippen LogP contribution in [-0.2, 0) is 35.8 Å². The van der Waals surface area contributed by atoms with Gasteiger partial charge in [-0.25, -0.2) is 18.1 Å². The summed E-state index contributed by atoms with van der Waals surface area (Å²) in [4.78, 5) is 3.41. The molecule has 0 unspecified atom stereocenters. The maximum Gasteiger partial charge on any atom is 0.417 e. The molecule has 12 nitrogen and oxygen atoms in total. The zero-order chi connectivity index (χ0) is 40.3. The Kier molecular flexibility index (Phi) is 10.9. The molecule has 2 heterocycles. The monoisotopic (exact) mass is 811 g/mol. The van der Waals surface area contributed by atoms with Gasteiger partial charge in [-0.2, -0.15) is 22.7 Å². The second-order valence-electron chi connectivity index (χ2n) is 12.6. The van der Waals surface area contributed by atoms with Gasteiger partial charge in [0.05, 0.1) is 43.7 Å². The van der Waals surface area contributed by atoms with E-state index in [9.17, 15) is 5.26 Å². The van der Waals surface area contributed by atoms with Crippen LogP contribution in [0.1, 0.15) is 27.3 Å². The Bertz CT molecular complexity index is 2650. The summed E-state index contributed by atoms with van der Waals surface area (Å²) >= 11 is 1.09. The first-order chi connectivity index (χ1) is 27.4. The Morgan fingerprint density at radius 1 is 0.772 bits per heavy atom. The predicted octanol–water partition coefficient (Wildman–Crippen LogP) is 7.97. The van der Waals surface area contributed by atoms with E-state index in [0.29, 0.717) is 44.2 Å². The number of aromatic nitrogens is 5. The SMILES string of the molecule is COc1ccc(CN(Cc2ccc(OC)cc2)S(=O)(=O)c2c(C(F)(F)F)ccc(-c3cccc4sc(C#N)nc34)c2-c2nnnn2Cc2ccc(OC)cc2)cc1. The number of fused-ring (bicyclic) bond motifs is 1. The molecule has 2 aromatic heterocycles. The first kappa shape index (κ1) is 38.9. The Balaban J connectivity index is 1.51. The van der Waals surface area contributed by atoms with Crippen LogP contribution in [-0.4, -0.2) is 59.2 Å². The number of methoxy groups -OCH3 is 3. The van der Waals surface area contributed by atoms with Gasteiger partial charge in [0.1, 0.15) is 28.2 Å². The van der Waals surface area contributed by atoms with Crippen molar-refractivity contribution in [3.05, 3.63) is 130 Å². The fraction of sp³-hybridized carbons (Fsp3) is 0.175. The molecule has 0 fully saturated rings. The average Bonchev–Trinajstić information content (AvgIpc) is 3.87. The summed E-state index contributed by atoms with van der Waals surface area (Å²) in [6.45, 7) is -0.672. The third-order valence-corrected chi connectivity index (χ3v) is 12.0. The molecule has 7 aromatic rings. The average molecular weight is 812 g/mol. The molecular weight excluding hydrogens is 780 g/mol. The molecule has 7 rings (SSSR count). The number of hydrogen-bond donors (Lipinski definition) is 0. The molecule has 17 heteroatoms. The first-order valence-electron chi connectivity index (χ1n) is 17.1. The third-order valence-electron chi connectivity index (χ3n) is 9.15. The first-order valence-corrected chi connectivity index (χ1v) is 19.4. The minimum Gasteiger partial charge on any atom is -0.497 e. The van der Waals surface area contributed by atoms with Gasteiger partial charge in [0.25, 0.3) is 0 Å². The molecule has 0 bridgehead atoms. The lowest BCUT2D eigenvalue weighted by Crippen LogP contribution is -2.32. The van der Waals surface area contributed by atoms with E-state index < -0.39 is 32.2 Å². The molecule has 0 aliphatic rings. The summed E-state index contributed by atoms with van der Waals surface area (Å²) in [5.41, 5.74) is 0.450. The van der Waals surface area contributed by atoms with Gasteiger partial charge in [-0.15, -0.1) is 16.4 Å². The Morgan fingerprint density at radius 3 is 1.86 bits per heavy atom. The van der Waals surface area contributed by atoms with Crippen molar-refractivity contribution in [1.82, 2.24) is 29.5 Å². The van der Waals surface area contributed by atoms with Gasteiger partial charge in [-0.3, -0.25) is 0 Å². The second kappa shape index (κ2) is 16.0. The third kappa shape index (κ3) is 8.01. The van der Waals surface area contributed by atoms with Crippen LogP contribution in [0.5, 0.6) is 17.2 Å². The molecule has 0 saturated heterocycles. The number of thiazole rings is 1. The smallest absolute Gasteiger partial charge is 0.417 e.